The van der Waals surface area contributed by atoms with Crippen LogP contribution in [0.25, 0.3) is 0 Å². The zero-order valence-corrected chi connectivity index (χ0v) is 16.3. The molecule has 1 fully saturated rings. The third-order valence-electron chi connectivity index (χ3n) is 5.75. The van der Waals surface area contributed by atoms with Gasteiger partial charge in [0.05, 0.1) is 18.0 Å². The highest BCUT2D eigenvalue weighted by Gasteiger charge is 2.60. The minimum Gasteiger partial charge on any atom is -0.497 e. The van der Waals surface area contributed by atoms with Gasteiger partial charge in [-0.2, -0.15) is 0 Å². The molecule has 0 bridgehead atoms. The van der Waals surface area contributed by atoms with Gasteiger partial charge in [-0.1, -0.05) is 42.0 Å². The van der Waals surface area contributed by atoms with E-state index >= 15 is 0 Å². The Labute approximate surface area is 160 Å². The molecular weight excluding hydrogens is 358 g/mol. The van der Waals surface area contributed by atoms with Gasteiger partial charge in [0, 0.05) is 11.6 Å². The Bertz CT molecular complexity index is 993. The van der Waals surface area contributed by atoms with Crippen LogP contribution in [0.4, 0.5) is 0 Å². The summed E-state index contributed by atoms with van der Waals surface area (Å²) >= 11 is 0. The number of hydrogen-bond donors (Lipinski definition) is 0. The van der Waals surface area contributed by atoms with Gasteiger partial charge in [-0.15, -0.1) is 6.58 Å². The fraction of sp³-hybridized carbons (Fsp3) is 0.273. The number of benzene rings is 2. The fourth-order valence-corrected chi connectivity index (χ4v) is 5.57. The van der Waals surface area contributed by atoms with Crippen LogP contribution in [0.2, 0.25) is 0 Å². The molecule has 1 aliphatic heterocycles. The standard InChI is InChI=1S/C22H23NO3S/c1-4-21-20-15-22(20,17-7-9-18(26-3)10-8-17)13-14-23(21)27(24,25)19-11-5-16(2)6-12-19/h4-14,20-21H,1,15H2,2-3H3/t20?,21-,22-/m0/s1. The number of ether oxygens (including phenoxy) is 1. The molecule has 2 aromatic rings. The number of hydrogen-bond acceptors (Lipinski definition) is 3. The first-order valence-corrected chi connectivity index (χ1v) is 10.4. The van der Waals surface area contributed by atoms with Gasteiger partial charge in [0.15, 0.2) is 0 Å². The molecule has 27 heavy (non-hydrogen) atoms. The van der Waals surface area contributed by atoms with Gasteiger partial charge in [-0.25, -0.2) is 8.42 Å². The largest absolute Gasteiger partial charge is 0.497 e. The molecule has 1 saturated carbocycles. The zero-order chi connectivity index (χ0) is 19.2. The Hall–Kier alpha value is -2.53. The molecule has 5 heteroatoms. The normalized spacial score (nSPS) is 26.4. The molecule has 0 saturated heterocycles. The molecular formula is C22H23NO3S. The summed E-state index contributed by atoms with van der Waals surface area (Å²) in [6.07, 6.45) is 6.41. The Morgan fingerprint density at radius 1 is 1.15 bits per heavy atom. The van der Waals surface area contributed by atoms with Crippen LogP contribution in [0.15, 0.2) is 78.4 Å². The summed E-state index contributed by atoms with van der Waals surface area (Å²) in [7, 11) is -1.96. The van der Waals surface area contributed by atoms with Crippen molar-refractivity contribution in [2.24, 2.45) is 5.92 Å². The van der Waals surface area contributed by atoms with Gasteiger partial charge < -0.3 is 4.74 Å². The van der Waals surface area contributed by atoms with E-state index in [9.17, 15) is 8.42 Å². The van der Waals surface area contributed by atoms with Gasteiger partial charge in [0.25, 0.3) is 10.0 Å². The third kappa shape index (κ3) is 2.77. The smallest absolute Gasteiger partial charge is 0.264 e. The average molecular weight is 381 g/mol. The molecule has 140 valence electrons. The van der Waals surface area contributed by atoms with Crippen molar-refractivity contribution in [1.82, 2.24) is 4.31 Å². The number of sulfonamides is 1. The predicted octanol–water partition coefficient (Wildman–Crippen LogP) is 4.03. The Morgan fingerprint density at radius 2 is 1.81 bits per heavy atom. The van der Waals surface area contributed by atoms with Crippen molar-refractivity contribution in [3.8, 4) is 5.75 Å². The van der Waals surface area contributed by atoms with Crippen molar-refractivity contribution in [2.45, 2.75) is 29.7 Å². The molecule has 0 amide bonds. The van der Waals surface area contributed by atoms with E-state index in [1.54, 1.807) is 31.5 Å². The fourth-order valence-electron chi connectivity index (χ4n) is 4.08. The lowest BCUT2D eigenvalue weighted by atomic mass is 9.89. The number of aryl methyl sites for hydroxylation is 1. The summed E-state index contributed by atoms with van der Waals surface area (Å²) in [5, 5.41) is 0. The van der Waals surface area contributed by atoms with E-state index < -0.39 is 10.0 Å². The highest BCUT2D eigenvalue weighted by molar-refractivity contribution is 7.89. The van der Waals surface area contributed by atoms with Gasteiger partial charge >= 0.3 is 0 Å². The van der Waals surface area contributed by atoms with Crippen molar-refractivity contribution in [3.05, 3.63) is 84.6 Å². The summed E-state index contributed by atoms with van der Waals surface area (Å²) in [4.78, 5) is 0.308. The topological polar surface area (TPSA) is 46.6 Å². The summed E-state index contributed by atoms with van der Waals surface area (Å²) in [5.41, 5.74) is 2.10. The minimum atomic E-state index is -3.61. The van der Waals surface area contributed by atoms with E-state index in [0.29, 0.717) is 4.90 Å². The molecule has 2 aromatic carbocycles. The van der Waals surface area contributed by atoms with Crippen LogP contribution in [0.1, 0.15) is 17.5 Å². The Balaban J connectivity index is 1.69. The summed E-state index contributed by atoms with van der Waals surface area (Å²) in [6, 6.07) is 14.7. The second-order valence-electron chi connectivity index (χ2n) is 7.27. The van der Waals surface area contributed by atoms with E-state index in [-0.39, 0.29) is 17.4 Å². The third-order valence-corrected chi connectivity index (χ3v) is 7.54. The van der Waals surface area contributed by atoms with E-state index in [2.05, 4.69) is 18.7 Å². The van der Waals surface area contributed by atoms with Crippen LogP contribution in [-0.2, 0) is 15.4 Å². The molecule has 2 aliphatic rings. The molecule has 0 aromatic heterocycles. The molecule has 1 unspecified atom stereocenters. The first-order chi connectivity index (χ1) is 12.9. The van der Waals surface area contributed by atoms with E-state index in [4.69, 9.17) is 4.74 Å². The lowest BCUT2D eigenvalue weighted by molar-refractivity contribution is 0.384. The van der Waals surface area contributed by atoms with Gasteiger partial charge in [-0.05, 0) is 49.1 Å². The average Bonchev–Trinajstić information content (AvgIpc) is 3.43. The van der Waals surface area contributed by atoms with Gasteiger partial charge in [0.2, 0.25) is 0 Å². The molecule has 4 rings (SSSR count). The van der Waals surface area contributed by atoms with Crippen molar-refractivity contribution in [1.29, 1.82) is 0 Å². The summed E-state index contributed by atoms with van der Waals surface area (Å²) in [5.74, 6) is 1.00. The lowest BCUT2D eigenvalue weighted by Gasteiger charge is -2.33. The SMILES string of the molecule is C=C[C@H]1C2C[C@]2(c2ccc(OC)cc2)C=CN1S(=O)(=O)c1ccc(C)cc1. The molecule has 3 atom stereocenters. The number of rotatable bonds is 5. The van der Waals surface area contributed by atoms with Gasteiger partial charge in [-0.3, -0.25) is 4.31 Å². The Kier molecular flexibility index (Phi) is 4.15. The number of methoxy groups -OCH3 is 1. The number of nitrogens with zero attached hydrogens (tertiary/aromatic N) is 1. The highest BCUT2D eigenvalue weighted by atomic mass is 32.2. The molecule has 0 N–H and O–H groups in total. The van der Waals surface area contributed by atoms with Crippen molar-refractivity contribution < 1.29 is 13.2 Å². The maximum atomic E-state index is 13.2. The van der Waals surface area contributed by atoms with Crippen LogP contribution in [0.3, 0.4) is 0 Å². The highest BCUT2D eigenvalue weighted by Crippen LogP contribution is 2.61. The van der Waals surface area contributed by atoms with Gasteiger partial charge in [0.1, 0.15) is 5.75 Å². The lowest BCUT2D eigenvalue weighted by Crippen LogP contribution is -2.40. The van der Waals surface area contributed by atoms with E-state index in [1.165, 1.54) is 9.87 Å². The zero-order valence-electron chi connectivity index (χ0n) is 15.5. The summed E-state index contributed by atoms with van der Waals surface area (Å²) < 4.78 is 33.0. The second kappa shape index (κ2) is 6.27. The molecule has 1 heterocycles. The predicted molar refractivity (Wildman–Crippen MR) is 106 cm³/mol. The number of fused-ring (bicyclic) bond motifs is 1. The summed E-state index contributed by atoms with van der Waals surface area (Å²) in [6.45, 7) is 5.87. The van der Waals surface area contributed by atoms with E-state index in [0.717, 1.165) is 17.7 Å². The Morgan fingerprint density at radius 3 is 2.41 bits per heavy atom. The van der Waals surface area contributed by atoms with Crippen LogP contribution < -0.4 is 4.74 Å². The van der Waals surface area contributed by atoms with Crippen molar-refractivity contribution in [3.63, 3.8) is 0 Å². The number of allylic oxidation sites excluding steroid dienone is 1. The van der Waals surface area contributed by atoms with Crippen LogP contribution in [0, 0.1) is 12.8 Å². The maximum Gasteiger partial charge on any atom is 0.264 e. The second-order valence-corrected chi connectivity index (χ2v) is 9.11. The van der Waals surface area contributed by atoms with Crippen molar-refractivity contribution in [2.75, 3.05) is 7.11 Å². The van der Waals surface area contributed by atoms with Crippen LogP contribution in [-0.4, -0.2) is 25.9 Å². The first kappa shape index (κ1) is 17.9. The van der Waals surface area contributed by atoms with Crippen LogP contribution in [0.5, 0.6) is 5.75 Å². The van der Waals surface area contributed by atoms with E-state index in [1.807, 2.05) is 37.3 Å². The van der Waals surface area contributed by atoms with Crippen LogP contribution >= 0.6 is 0 Å². The maximum absolute atomic E-state index is 13.2. The first-order valence-electron chi connectivity index (χ1n) is 8.99. The molecule has 4 nitrogen and oxygen atoms in total. The molecule has 0 radical (unpaired) electrons. The molecule has 0 spiro atoms. The van der Waals surface area contributed by atoms with Crippen molar-refractivity contribution >= 4 is 10.0 Å². The quantitative estimate of drug-likeness (QED) is 0.735. The minimum absolute atomic E-state index is 0.121. The monoisotopic (exact) mass is 381 g/mol. The molecule has 1 aliphatic carbocycles.